The van der Waals surface area contributed by atoms with E-state index in [2.05, 4.69) is 0 Å². The summed E-state index contributed by atoms with van der Waals surface area (Å²) in [4.78, 5) is 22.3. The molecule has 0 fully saturated rings. The minimum atomic E-state index is -1.13. The summed E-state index contributed by atoms with van der Waals surface area (Å²) in [5, 5.41) is 9.57. The second-order valence-electron chi connectivity index (χ2n) is 4.21. The summed E-state index contributed by atoms with van der Waals surface area (Å²) in [7, 11) is 0. The van der Waals surface area contributed by atoms with E-state index in [0.717, 1.165) is 0 Å². The van der Waals surface area contributed by atoms with Gasteiger partial charge in [0, 0.05) is 11.5 Å². The van der Waals surface area contributed by atoms with E-state index in [1.165, 1.54) is 19.1 Å². The van der Waals surface area contributed by atoms with Crippen molar-refractivity contribution in [1.29, 1.82) is 0 Å². The number of carboxylic acid groups (broad SMARTS) is 1. The fourth-order valence-corrected chi connectivity index (χ4v) is 2.01. The van der Waals surface area contributed by atoms with Crippen LogP contribution >= 0.6 is 23.2 Å². The van der Waals surface area contributed by atoms with Gasteiger partial charge in [-0.15, -0.1) is 0 Å². The van der Waals surface area contributed by atoms with Crippen LogP contribution in [-0.2, 0) is 4.79 Å². The fourth-order valence-electron chi connectivity index (χ4n) is 1.66. The number of benzene rings is 1. The maximum atomic E-state index is 11.5. The lowest BCUT2D eigenvalue weighted by Crippen LogP contribution is -2.23. The van der Waals surface area contributed by atoms with Gasteiger partial charge in [0.15, 0.2) is 6.10 Å². The van der Waals surface area contributed by atoms with Gasteiger partial charge in [0.05, 0.1) is 5.02 Å². The van der Waals surface area contributed by atoms with Crippen LogP contribution in [0, 0.1) is 6.92 Å². The monoisotopic (exact) mass is 316 g/mol. The maximum Gasteiger partial charge on any atom is 0.355 e. The summed E-state index contributed by atoms with van der Waals surface area (Å²) in [6.07, 6.45) is -1.08. The Kier molecular flexibility index (Phi) is 3.92. The number of carbonyl (C=O) groups is 1. The normalized spacial score (nSPS) is 12.4. The van der Waals surface area contributed by atoms with E-state index in [1.54, 1.807) is 6.92 Å². The van der Waals surface area contributed by atoms with Gasteiger partial charge in [-0.05, 0) is 25.5 Å². The van der Waals surface area contributed by atoms with Gasteiger partial charge < -0.3 is 14.3 Å². The Morgan fingerprint density at radius 3 is 2.65 bits per heavy atom. The van der Waals surface area contributed by atoms with Gasteiger partial charge in [-0.25, -0.2) is 9.59 Å². The number of carboxylic acids is 1. The van der Waals surface area contributed by atoms with Gasteiger partial charge in [-0.2, -0.15) is 0 Å². The first-order valence-corrected chi connectivity index (χ1v) is 6.38. The molecule has 1 heterocycles. The van der Waals surface area contributed by atoms with Crippen LogP contribution in [0.3, 0.4) is 0 Å². The molecule has 0 aliphatic heterocycles. The first-order chi connectivity index (χ1) is 9.31. The van der Waals surface area contributed by atoms with Gasteiger partial charge in [0.25, 0.3) is 0 Å². The summed E-state index contributed by atoms with van der Waals surface area (Å²) >= 11 is 11.9. The van der Waals surface area contributed by atoms with Crippen LogP contribution in [0.1, 0.15) is 12.5 Å². The number of rotatable bonds is 3. The smallest absolute Gasteiger partial charge is 0.355 e. The number of ether oxygens (including phenoxy) is 1. The van der Waals surface area contributed by atoms with Crippen molar-refractivity contribution in [3.05, 3.63) is 38.2 Å². The minimum Gasteiger partial charge on any atom is -0.479 e. The first-order valence-electron chi connectivity index (χ1n) is 5.63. The Labute approximate surface area is 123 Å². The molecule has 1 atom stereocenters. The molecule has 2 rings (SSSR count). The van der Waals surface area contributed by atoms with Gasteiger partial charge in [-0.1, -0.05) is 23.2 Å². The van der Waals surface area contributed by atoms with Crippen molar-refractivity contribution in [3.63, 3.8) is 0 Å². The molecule has 0 aliphatic carbocycles. The molecule has 1 aromatic carbocycles. The molecule has 0 aliphatic rings. The van der Waals surface area contributed by atoms with Crippen LogP contribution in [0.5, 0.6) is 5.75 Å². The van der Waals surface area contributed by atoms with Gasteiger partial charge >= 0.3 is 11.6 Å². The van der Waals surface area contributed by atoms with Gasteiger partial charge in [0.1, 0.15) is 16.4 Å². The Balaban J connectivity index is 2.60. The average molecular weight is 317 g/mol. The lowest BCUT2D eigenvalue weighted by atomic mass is 10.1. The summed E-state index contributed by atoms with van der Waals surface area (Å²) in [5.41, 5.74) is 0.0998. The zero-order chi connectivity index (χ0) is 15.0. The van der Waals surface area contributed by atoms with Crippen molar-refractivity contribution in [2.24, 2.45) is 0 Å². The van der Waals surface area contributed by atoms with Gasteiger partial charge in [0.2, 0.25) is 0 Å². The molecule has 1 N–H and O–H groups in total. The Bertz CT molecular complexity index is 750. The highest BCUT2D eigenvalue weighted by molar-refractivity contribution is 6.33. The van der Waals surface area contributed by atoms with E-state index in [9.17, 15) is 9.59 Å². The van der Waals surface area contributed by atoms with Crippen molar-refractivity contribution in [3.8, 4) is 5.75 Å². The van der Waals surface area contributed by atoms with Crippen LogP contribution in [0.4, 0.5) is 0 Å². The number of hydrogen-bond donors (Lipinski definition) is 1. The summed E-state index contributed by atoms with van der Waals surface area (Å²) in [6, 6.07) is 2.90. The molecule has 7 heteroatoms. The van der Waals surface area contributed by atoms with E-state index in [0.29, 0.717) is 10.9 Å². The molecule has 2 aromatic rings. The van der Waals surface area contributed by atoms with Crippen molar-refractivity contribution >= 4 is 40.1 Å². The molecular formula is C13H10Cl2O5. The molecule has 20 heavy (non-hydrogen) atoms. The molecule has 0 saturated carbocycles. The average Bonchev–Trinajstić information content (AvgIpc) is 2.38. The highest BCUT2D eigenvalue weighted by atomic mass is 35.5. The number of aliphatic carboxylic acids is 1. The molecular weight excluding hydrogens is 307 g/mol. The number of hydrogen-bond acceptors (Lipinski definition) is 4. The second-order valence-corrected chi connectivity index (χ2v) is 4.99. The molecule has 0 bridgehead atoms. The predicted octanol–water partition coefficient (Wildman–Crippen LogP) is 3.26. The van der Waals surface area contributed by atoms with Crippen LogP contribution < -0.4 is 10.4 Å². The van der Waals surface area contributed by atoms with Gasteiger partial charge in [-0.3, -0.25) is 0 Å². The number of fused-ring (bicyclic) bond motifs is 1. The molecule has 0 saturated heterocycles. The first kappa shape index (κ1) is 14.7. The van der Waals surface area contributed by atoms with Crippen LogP contribution in [-0.4, -0.2) is 17.2 Å². The van der Waals surface area contributed by atoms with Crippen molar-refractivity contribution in [2.45, 2.75) is 20.0 Å². The van der Waals surface area contributed by atoms with E-state index < -0.39 is 17.7 Å². The zero-order valence-electron chi connectivity index (χ0n) is 10.6. The molecule has 106 valence electrons. The van der Waals surface area contributed by atoms with Crippen LogP contribution in [0.2, 0.25) is 10.0 Å². The largest absolute Gasteiger partial charge is 0.479 e. The Morgan fingerprint density at radius 1 is 1.40 bits per heavy atom. The highest BCUT2D eigenvalue weighted by Gasteiger charge is 2.17. The quantitative estimate of drug-likeness (QED) is 0.879. The molecule has 1 unspecified atom stereocenters. The van der Waals surface area contributed by atoms with E-state index in [4.69, 9.17) is 37.5 Å². The standard InChI is InChI=1S/C13H10Cl2O5/c1-5-7-3-8(14)10(19-6(2)12(16)17)4-9(7)20-13(18)11(5)15/h3-4,6H,1-2H3,(H,16,17). The second kappa shape index (κ2) is 5.34. The number of aryl methyl sites for hydroxylation is 1. The van der Waals surface area contributed by atoms with Crippen LogP contribution in [0.25, 0.3) is 11.0 Å². The Hall–Kier alpha value is -1.72. The third-order valence-corrected chi connectivity index (χ3v) is 3.53. The highest BCUT2D eigenvalue weighted by Crippen LogP contribution is 2.33. The third-order valence-electron chi connectivity index (χ3n) is 2.80. The maximum absolute atomic E-state index is 11.5. The summed E-state index contributed by atoms with van der Waals surface area (Å²) < 4.78 is 10.2. The SMILES string of the molecule is Cc1c(Cl)c(=O)oc2cc(OC(C)C(=O)O)c(Cl)cc12. The van der Waals surface area contributed by atoms with Crippen molar-refractivity contribution in [1.82, 2.24) is 0 Å². The predicted molar refractivity (Wildman–Crippen MR) is 75.0 cm³/mol. The van der Waals surface area contributed by atoms with Crippen molar-refractivity contribution < 1.29 is 19.1 Å². The third kappa shape index (κ3) is 2.59. The van der Waals surface area contributed by atoms with E-state index in [-0.39, 0.29) is 21.4 Å². The van der Waals surface area contributed by atoms with E-state index in [1.807, 2.05) is 0 Å². The fraction of sp³-hybridized carbons (Fsp3) is 0.231. The topological polar surface area (TPSA) is 76.7 Å². The van der Waals surface area contributed by atoms with E-state index >= 15 is 0 Å². The molecule has 0 spiro atoms. The lowest BCUT2D eigenvalue weighted by molar-refractivity contribution is -0.144. The summed E-state index contributed by atoms with van der Waals surface area (Å²) in [6.45, 7) is 3.03. The summed E-state index contributed by atoms with van der Waals surface area (Å²) in [5.74, 6) is -1.01. The molecule has 1 aromatic heterocycles. The molecule has 0 amide bonds. The molecule has 0 radical (unpaired) electrons. The molecule has 5 nitrogen and oxygen atoms in total. The Morgan fingerprint density at radius 2 is 2.05 bits per heavy atom. The van der Waals surface area contributed by atoms with Crippen LogP contribution in [0.15, 0.2) is 21.3 Å². The minimum absolute atomic E-state index is 0.0128. The van der Waals surface area contributed by atoms with Crippen molar-refractivity contribution in [2.75, 3.05) is 0 Å². The zero-order valence-corrected chi connectivity index (χ0v) is 12.1. The number of halogens is 2. The lowest BCUT2D eigenvalue weighted by Gasteiger charge is -2.13.